The van der Waals surface area contributed by atoms with Crippen LogP contribution < -0.4 is 4.74 Å². The summed E-state index contributed by atoms with van der Waals surface area (Å²) in [7, 11) is 0. The quantitative estimate of drug-likeness (QED) is 0.453. The standard InChI is InChI=1S/C19H16N4O2S/c1-2-8-18(25-16-6-3-9-20-11-16)15(5-1)13-26-19-22-21-14-23(19)12-17-7-4-10-24-17/h1-11,14H,12-13H2. The van der Waals surface area contributed by atoms with Crippen molar-refractivity contribution in [1.29, 1.82) is 0 Å². The van der Waals surface area contributed by atoms with E-state index in [0.29, 0.717) is 18.0 Å². The molecule has 3 heterocycles. The third kappa shape index (κ3) is 3.94. The first-order valence-corrected chi connectivity index (χ1v) is 9.06. The number of furan rings is 1. The van der Waals surface area contributed by atoms with Gasteiger partial charge in [0.05, 0.1) is 19.0 Å². The predicted molar refractivity (Wildman–Crippen MR) is 98.1 cm³/mol. The van der Waals surface area contributed by atoms with Gasteiger partial charge in [-0.3, -0.25) is 4.98 Å². The number of ether oxygens (including phenoxy) is 1. The van der Waals surface area contributed by atoms with Gasteiger partial charge in [0.2, 0.25) is 0 Å². The Morgan fingerprint density at radius 3 is 2.88 bits per heavy atom. The van der Waals surface area contributed by atoms with Crippen molar-refractivity contribution in [3.05, 3.63) is 84.8 Å². The average molecular weight is 364 g/mol. The van der Waals surface area contributed by atoms with E-state index in [1.54, 1.807) is 36.7 Å². The van der Waals surface area contributed by atoms with Crippen LogP contribution in [0, 0.1) is 0 Å². The Balaban J connectivity index is 1.46. The van der Waals surface area contributed by atoms with Crippen LogP contribution in [0.4, 0.5) is 0 Å². The minimum Gasteiger partial charge on any atom is -0.467 e. The van der Waals surface area contributed by atoms with Crippen LogP contribution in [0.25, 0.3) is 0 Å². The number of thioether (sulfide) groups is 1. The molecule has 0 spiro atoms. The van der Waals surface area contributed by atoms with Gasteiger partial charge in [0.1, 0.15) is 23.6 Å². The normalized spacial score (nSPS) is 10.8. The van der Waals surface area contributed by atoms with Gasteiger partial charge >= 0.3 is 0 Å². The fourth-order valence-corrected chi connectivity index (χ4v) is 3.34. The van der Waals surface area contributed by atoms with E-state index in [-0.39, 0.29) is 0 Å². The van der Waals surface area contributed by atoms with E-state index >= 15 is 0 Å². The molecule has 7 heteroatoms. The second-order valence-electron chi connectivity index (χ2n) is 5.51. The Bertz CT molecular complexity index is 955. The van der Waals surface area contributed by atoms with Crippen LogP contribution in [0.15, 0.2) is 83.1 Å². The summed E-state index contributed by atoms with van der Waals surface area (Å²) < 4.78 is 13.3. The highest BCUT2D eigenvalue weighted by Crippen LogP contribution is 2.30. The van der Waals surface area contributed by atoms with Crippen molar-refractivity contribution in [2.75, 3.05) is 0 Å². The number of para-hydroxylation sites is 1. The van der Waals surface area contributed by atoms with Crippen LogP contribution >= 0.6 is 11.8 Å². The Hall–Kier alpha value is -3.06. The Kier molecular flexibility index (Phi) is 4.97. The number of hydrogen-bond donors (Lipinski definition) is 0. The molecule has 3 aromatic heterocycles. The van der Waals surface area contributed by atoms with Gasteiger partial charge in [-0.1, -0.05) is 30.0 Å². The number of benzene rings is 1. The van der Waals surface area contributed by atoms with Crippen molar-refractivity contribution < 1.29 is 9.15 Å². The number of rotatable bonds is 7. The fourth-order valence-electron chi connectivity index (χ4n) is 2.43. The second kappa shape index (κ2) is 7.88. The van der Waals surface area contributed by atoms with Gasteiger partial charge in [0.25, 0.3) is 0 Å². The number of pyridine rings is 1. The predicted octanol–water partition coefficient (Wildman–Crippen LogP) is 4.40. The maximum atomic E-state index is 5.96. The molecule has 1 aromatic carbocycles. The second-order valence-corrected chi connectivity index (χ2v) is 6.45. The van der Waals surface area contributed by atoms with E-state index in [1.165, 1.54) is 0 Å². The molecule has 0 fully saturated rings. The molecule has 0 saturated carbocycles. The van der Waals surface area contributed by atoms with E-state index in [0.717, 1.165) is 22.2 Å². The molecule has 0 amide bonds. The molecule has 130 valence electrons. The zero-order valence-corrected chi connectivity index (χ0v) is 14.7. The molecule has 0 radical (unpaired) electrons. The van der Waals surface area contributed by atoms with Gasteiger partial charge in [-0.25, -0.2) is 0 Å². The zero-order valence-electron chi connectivity index (χ0n) is 13.9. The van der Waals surface area contributed by atoms with Crippen LogP contribution in [0.2, 0.25) is 0 Å². The molecule has 0 bridgehead atoms. The Morgan fingerprint density at radius 2 is 2.04 bits per heavy atom. The molecule has 4 aromatic rings. The molecule has 26 heavy (non-hydrogen) atoms. The lowest BCUT2D eigenvalue weighted by molar-refractivity contribution is 0.476. The van der Waals surface area contributed by atoms with Gasteiger partial charge in [-0.15, -0.1) is 10.2 Å². The summed E-state index contributed by atoms with van der Waals surface area (Å²) in [5.41, 5.74) is 1.08. The first-order chi connectivity index (χ1) is 12.9. The minimum absolute atomic E-state index is 0.607. The minimum atomic E-state index is 0.607. The SMILES string of the molecule is c1cncc(Oc2ccccc2CSc2nncn2Cc2ccco2)c1. The van der Waals surface area contributed by atoms with Crippen LogP contribution in [0.3, 0.4) is 0 Å². The van der Waals surface area contributed by atoms with E-state index in [4.69, 9.17) is 9.15 Å². The molecule has 0 unspecified atom stereocenters. The first kappa shape index (κ1) is 16.4. The lowest BCUT2D eigenvalue weighted by Gasteiger charge is -2.10. The van der Waals surface area contributed by atoms with E-state index < -0.39 is 0 Å². The lowest BCUT2D eigenvalue weighted by Crippen LogP contribution is -1.99. The molecule has 6 nitrogen and oxygen atoms in total. The molecule has 4 rings (SSSR count). The summed E-state index contributed by atoms with van der Waals surface area (Å²) in [6.45, 7) is 0.607. The molecular formula is C19H16N4O2S. The van der Waals surface area contributed by atoms with Crippen molar-refractivity contribution in [3.8, 4) is 11.5 Å². The molecule has 0 saturated heterocycles. The summed E-state index contributed by atoms with van der Waals surface area (Å²) >= 11 is 1.61. The van der Waals surface area contributed by atoms with Crippen LogP contribution in [0.5, 0.6) is 11.5 Å². The summed E-state index contributed by atoms with van der Waals surface area (Å²) in [5, 5.41) is 9.06. The van der Waals surface area contributed by atoms with Gasteiger partial charge in [0.15, 0.2) is 5.16 Å². The van der Waals surface area contributed by atoms with E-state index in [1.807, 2.05) is 53.1 Å². The number of nitrogens with zero attached hydrogens (tertiary/aromatic N) is 4. The average Bonchev–Trinajstić information content (AvgIpc) is 3.34. The molecule has 0 aliphatic carbocycles. The third-order valence-corrected chi connectivity index (χ3v) is 4.71. The summed E-state index contributed by atoms with van der Waals surface area (Å²) in [6, 6.07) is 15.5. The monoisotopic (exact) mass is 364 g/mol. The smallest absolute Gasteiger partial charge is 0.191 e. The highest BCUT2D eigenvalue weighted by Gasteiger charge is 2.10. The maximum Gasteiger partial charge on any atom is 0.191 e. The van der Waals surface area contributed by atoms with Crippen LogP contribution in [-0.4, -0.2) is 19.7 Å². The number of hydrogen-bond acceptors (Lipinski definition) is 6. The van der Waals surface area contributed by atoms with E-state index in [2.05, 4.69) is 15.2 Å². The first-order valence-electron chi connectivity index (χ1n) is 8.07. The van der Waals surface area contributed by atoms with Crippen LogP contribution in [0.1, 0.15) is 11.3 Å². The van der Waals surface area contributed by atoms with E-state index in [9.17, 15) is 0 Å². The summed E-state index contributed by atoms with van der Waals surface area (Å²) in [5.74, 6) is 3.11. The Labute approximate surface area is 154 Å². The third-order valence-electron chi connectivity index (χ3n) is 3.68. The van der Waals surface area contributed by atoms with Crippen molar-refractivity contribution in [2.24, 2.45) is 0 Å². The highest BCUT2D eigenvalue weighted by molar-refractivity contribution is 7.98. The van der Waals surface area contributed by atoms with Gasteiger partial charge < -0.3 is 13.7 Å². The van der Waals surface area contributed by atoms with Crippen molar-refractivity contribution in [3.63, 3.8) is 0 Å². The summed E-state index contributed by atoms with van der Waals surface area (Å²) in [4.78, 5) is 4.08. The Morgan fingerprint density at radius 1 is 1.08 bits per heavy atom. The fraction of sp³-hybridized carbons (Fsp3) is 0.105. The number of aromatic nitrogens is 4. The maximum absolute atomic E-state index is 5.96. The lowest BCUT2D eigenvalue weighted by atomic mass is 10.2. The molecule has 0 atom stereocenters. The molecule has 0 aliphatic heterocycles. The molecule has 0 aliphatic rings. The largest absolute Gasteiger partial charge is 0.467 e. The van der Waals surface area contributed by atoms with Gasteiger partial charge in [-0.05, 0) is 30.3 Å². The summed E-state index contributed by atoms with van der Waals surface area (Å²) in [6.07, 6.45) is 6.80. The van der Waals surface area contributed by atoms with Crippen LogP contribution in [-0.2, 0) is 12.3 Å². The van der Waals surface area contributed by atoms with Gasteiger partial charge in [-0.2, -0.15) is 0 Å². The topological polar surface area (TPSA) is 66.0 Å². The molecular weight excluding hydrogens is 348 g/mol. The van der Waals surface area contributed by atoms with Crippen molar-refractivity contribution in [2.45, 2.75) is 17.5 Å². The highest BCUT2D eigenvalue weighted by atomic mass is 32.2. The van der Waals surface area contributed by atoms with Crippen molar-refractivity contribution >= 4 is 11.8 Å². The van der Waals surface area contributed by atoms with Gasteiger partial charge in [0, 0.05) is 17.5 Å². The van der Waals surface area contributed by atoms with Crippen molar-refractivity contribution in [1.82, 2.24) is 19.7 Å². The molecule has 0 N–H and O–H groups in total. The zero-order chi connectivity index (χ0) is 17.6.